The van der Waals surface area contributed by atoms with Gasteiger partial charge in [0.05, 0.1) is 12.4 Å². The Bertz CT molecular complexity index is 636. The second-order valence-corrected chi connectivity index (χ2v) is 10.5. The van der Waals surface area contributed by atoms with Gasteiger partial charge in [0, 0.05) is 19.1 Å². The maximum atomic E-state index is 13.2. The van der Waals surface area contributed by atoms with Gasteiger partial charge >= 0.3 is 0 Å². The molecule has 2 fully saturated rings. The highest BCUT2D eigenvalue weighted by Gasteiger charge is 2.35. The second kappa shape index (κ2) is 9.57. The molecule has 5 nitrogen and oxygen atoms in total. The van der Waals surface area contributed by atoms with Crippen LogP contribution in [0.25, 0.3) is 0 Å². The lowest BCUT2D eigenvalue weighted by molar-refractivity contribution is 0.142. The zero-order chi connectivity index (χ0) is 19.3. The predicted octanol–water partition coefficient (Wildman–Crippen LogP) is 3.54. The van der Waals surface area contributed by atoms with E-state index in [4.69, 9.17) is 4.74 Å². The number of sulfonamides is 1. The molecule has 2 aliphatic heterocycles. The molecule has 27 heavy (non-hydrogen) atoms. The Morgan fingerprint density at radius 3 is 2.52 bits per heavy atom. The summed E-state index contributed by atoms with van der Waals surface area (Å²) >= 11 is 0. The van der Waals surface area contributed by atoms with Crippen molar-refractivity contribution in [1.29, 1.82) is 0 Å². The molecule has 0 aromatic carbocycles. The van der Waals surface area contributed by atoms with E-state index in [1.807, 2.05) is 18.2 Å². The smallest absolute Gasteiger partial charge is 0.220 e. The van der Waals surface area contributed by atoms with Crippen LogP contribution < -0.4 is 0 Å². The first-order chi connectivity index (χ1) is 13.0. The highest BCUT2D eigenvalue weighted by atomic mass is 32.2. The van der Waals surface area contributed by atoms with Crippen molar-refractivity contribution >= 4 is 10.0 Å². The first-order valence-electron chi connectivity index (χ1n) is 10.7. The Morgan fingerprint density at radius 2 is 1.78 bits per heavy atom. The van der Waals surface area contributed by atoms with Crippen LogP contribution in [-0.4, -0.2) is 62.2 Å². The average molecular weight is 397 g/mol. The lowest BCUT2D eigenvalue weighted by Gasteiger charge is -2.38. The lowest BCUT2D eigenvalue weighted by atomic mass is 10.0. The number of hydrogen-bond acceptors (Lipinski definition) is 4. The van der Waals surface area contributed by atoms with E-state index in [-0.39, 0.29) is 0 Å². The molecule has 1 aliphatic carbocycles. The van der Waals surface area contributed by atoms with E-state index in [0.717, 1.165) is 37.4 Å². The van der Waals surface area contributed by atoms with Crippen molar-refractivity contribution in [2.75, 3.05) is 33.3 Å². The number of ether oxygens (including phenoxy) is 1. The average Bonchev–Trinajstić information content (AvgIpc) is 2.86. The minimum atomic E-state index is -3.28. The molecule has 0 radical (unpaired) electrons. The summed E-state index contributed by atoms with van der Waals surface area (Å²) in [5.74, 6) is 1.59. The summed E-state index contributed by atoms with van der Waals surface area (Å²) < 4.78 is 33.4. The van der Waals surface area contributed by atoms with Gasteiger partial charge in [0.25, 0.3) is 0 Å². The molecule has 0 spiro atoms. The molecule has 2 heterocycles. The minimum absolute atomic E-state index is 0.424. The highest BCUT2D eigenvalue weighted by molar-refractivity contribution is 7.89. The maximum absolute atomic E-state index is 13.2. The predicted molar refractivity (Wildman–Crippen MR) is 110 cm³/mol. The zero-order valence-corrected chi connectivity index (χ0v) is 17.8. The first kappa shape index (κ1) is 20.9. The van der Waals surface area contributed by atoms with E-state index in [1.54, 1.807) is 11.4 Å². The van der Waals surface area contributed by atoms with Crippen molar-refractivity contribution in [1.82, 2.24) is 9.21 Å². The van der Waals surface area contributed by atoms with E-state index in [0.29, 0.717) is 25.6 Å². The van der Waals surface area contributed by atoms with Gasteiger partial charge in [-0.25, -0.2) is 12.7 Å². The fourth-order valence-electron chi connectivity index (χ4n) is 4.63. The van der Waals surface area contributed by atoms with E-state index in [2.05, 4.69) is 11.8 Å². The fourth-order valence-corrected chi connectivity index (χ4v) is 6.48. The van der Waals surface area contributed by atoms with Crippen molar-refractivity contribution in [3.8, 4) is 0 Å². The van der Waals surface area contributed by atoms with Crippen LogP contribution in [0.3, 0.4) is 0 Å². The SMILES string of the molecule is COC1=CCCCC(S(=O)(=O)N2CCC(N3CCCC(C)CC3)CC2)C=C1. The summed E-state index contributed by atoms with van der Waals surface area (Å²) in [6, 6.07) is 0.553. The first-order valence-corrected chi connectivity index (χ1v) is 12.2. The third-order valence-corrected chi connectivity index (χ3v) is 8.73. The minimum Gasteiger partial charge on any atom is -0.497 e. The number of rotatable bonds is 4. The number of hydrogen-bond donors (Lipinski definition) is 0. The van der Waals surface area contributed by atoms with Gasteiger partial charge in [-0.2, -0.15) is 0 Å². The van der Waals surface area contributed by atoms with Crippen molar-refractivity contribution < 1.29 is 13.2 Å². The molecule has 0 N–H and O–H groups in total. The van der Waals surface area contributed by atoms with Gasteiger partial charge in [-0.05, 0) is 82.5 Å². The van der Waals surface area contributed by atoms with Gasteiger partial charge in [0.2, 0.25) is 10.0 Å². The molecule has 0 aromatic rings. The molecule has 6 heteroatoms. The monoisotopic (exact) mass is 396 g/mol. The quantitative estimate of drug-likeness (QED) is 0.729. The number of piperidine rings is 1. The molecule has 2 unspecified atom stereocenters. The third-order valence-electron chi connectivity index (χ3n) is 6.48. The van der Waals surface area contributed by atoms with Crippen LogP contribution in [0.5, 0.6) is 0 Å². The largest absolute Gasteiger partial charge is 0.497 e. The van der Waals surface area contributed by atoms with E-state index in [9.17, 15) is 8.42 Å². The van der Waals surface area contributed by atoms with Crippen LogP contribution in [0.1, 0.15) is 58.3 Å². The second-order valence-electron chi connectivity index (χ2n) is 8.39. The van der Waals surface area contributed by atoms with Gasteiger partial charge in [-0.15, -0.1) is 0 Å². The van der Waals surface area contributed by atoms with E-state index < -0.39 is 15.3 Å². The molecule has 2 saturated heterocycles. The number of allylic oxidation sites excluding steroid dienone is 2. The fraction of sp³-hybridized carbons (Fsp3) is 0.810. The molecule has 0 saturated carbocycles. The molecule has 154 valence electrons. The zero-order valence-electron chi connectivity index (χ0n) is 17.0. The van der Waals surface area contributed by atoms with Gasteiger partial charge in [0.1, 0.15) is 5.76 Å². The highest BCUT2D eigenvalue weighted by Crippen LogP contribution is 2.27. The summed E-state index contributed by atoms with van der Waals surface area (Å²) in [5.41, 5.74) is 0. The molecular formula is C21H36N2O3S. The Hall–Kier alpha value is -0.850. The molecule has 0 bridgehead atoms. The van der Waals surface area contributed by atoms with Crippen LogP contribution in [0.15, 0.2) is 24.0 Å². The summed E-state index contributed by atoms with van der Waals surface area (Å²) in [7, 11) is -1.65. The summed E-state index contributed by atoms with van der Waals surface area (Å²) in [5, 5.41) is -0.424. The van der Waals surface area contributed by atoms with Gasteiger partial charge < -0.3 is 9.64 Å². The number of likely N-dealkylation sites (tertiary alicyclic amines) is 1. The summed E-state index contributed by atoms with van der Waals surface area (Å²) in [6.07, 6.45) is 13.9. The van der Waals surface area contributed by atoms with Crippen LogP contribution in [0, 0.1) is 5.92 Å². The molecule has 0 aromatic heterocycles. The van der Waals surface area contributed by atoms with Gasteiger partial charge in [0.15, 0.2) is 0 Å². The molecule has 0 amide bonds. The third kappa shape index (κ3) is 5.36. The maximum Gasteiger partial charge on any atom is 0.220 e. The standard InChI is InChI=1S/C21H36N2O3S/c1-18-6-5-14-22(15-11-18)19-12-16-23(17-13-19)27(24,25)21-8-4-3-7-20(26-2)9-10-21/h7,9-10,18-19,21H,3-6,8,11-17H2,1-2H3. The molecule has 3 rings (SSSR count). The molecular weight excluding hydrogens is 360 g/mol. The van der Waals surface area contributed by atoms with Gasteiger partial charge in [-0.3, -0.25) is 0 Å². The Kier molecular flexibility index (Phi) is 7.40. The van der Waals surface area contributed by atoms with Crippen LogP contribution in [-0.2, 0) is 14.8 Å². The Balaban J connectivity index is 1.59. The molecule has 2 atom stereocenters. The van der Waals surface area contributed by atoms with Crippen LogP contribution >= 0.6 is 0 Å². The van der Waals surface area contributed by atoms with E-state index in [1.165, 1.54) is 32.4 Å². The number of nitrogens with zero attached hydrogens (tertiary/aromatic N) is 2. The summed E-state index contributed by atoms with van der Waals surface area (Å²) in [4.78, 5) is 2.62. The van der Waals surface area contributed by atoms with Crippen molar-refractivity contribution in [3.63, 3.8) is 0 Å². The molecule has 3 aliphatic rings. The van der Waals surface area contributed by atoms with Crippen molar-refractivity contribution in [3.05, 3.63) is 24.0 Å². The summed E-state index contributed by atoms with van der Waals surface area (Å²) in [6.45, 7) is 6.04. The van der Waals surface area contributed by atoms with Crippen molar-refractivity contribution in [2.45, 2.75) is 69.6 Å². The topological polar surface area (TPSA) is 49.9 Å². The van der Waals surface area contributed by atoms with Crippen LogP contribution in [0.2, 0.25) is 0 Å². The van der Waals surface area contributed by atoms with Crippen LogP contribution in [0.4, 0.5) is 0 Å². The Morgan fingerprint density at radius 1 is 1.00 bits per heavy atom. The normalized spacial score (nSPS) is 30.2. The lowest BCUT2D eigenvalue weighted by Crippen LogP contribution is -2.49. The Labute approximate surface area is 165 Å². The van der Waals surface area contributed by atoms with E-state index >= 15 is 0 Å². The number of methoxy groups -OCH3 is 1. The van der Waals surface area contributed by atoms with Crippen molar-refractivity contribution in [2.24, 2.45) is 5.92 Å². The van der Waals surface area contributed by atoms with Gasteiger partial charge in [-0.1, -0.05) is 13.0 Å².